The van der Waals surface area contributed by atoms with Crippen molar-refractivity contribution in [3.8, 4) is 17.6 Å². The Hall–Kier alpha value is -2.20. The first-order valence-electron chi connectivity index (χ1n) is 7.14. The van der Waals surface area contributed by atoms with Gasteiger partial charge in [-0.2, -0.15) is 0 Å². The minimum atomic E-state index is 0.418. The van der Waals surface area contributed by atoms with E-state index in [2.05, 4.69) is 43.0 Å². The van der Waals surface area contributed by atoms with Crippen molar-refractivity contribution in [2.75, 3.05) is 6.61 Å². The van der Waals surface area contributed by atoms with E-state index >= 15 is 0 Å². The first kappa shape index (κ1) is 14.2. The van der Waals surface area contributed by atoms with Crippen LogP contribution in [0.4, 0.5) is 0 Å². The van der Waals surface area contributed by atoms with Crippen LogP contribution in [-0.2, 0) is 6.42 Å². The van der Waals surface area contributed by atoms with E-state index in [-0.39, 0.29) is 0 Å². The van der Waals surface area contributed by atoms with E-state index in [1.807, 2.05) is 30.3 Å². The molecular formula is C19H20O. The monoisotopic (exact) mass is 264 g/mol. The molecule has 0 radical (unpaired) electrons. The van der Waals surface area contributed by atoms with Gasteiger partial charge in [-0.1, -0.05) is 55.5 Å². The average molecular weight is 264 g/mol. The van der Waals surface area contributed by atoms with Crippen LogP contribution in [0.2, 0.25) is 0 Å². The lowest BCUT2D eigenvalue weighted by Crippen LogP contribution is -1.93. The van der Waals surface area contributed by atoms with Gasteiger partial charge in [-0.15, -0.1) is 0 Å². The van der Waals surface area contributed by atoms with Crippen molar-refractivity contribution < 1.29 is 4.74 Å². The molecule has 1 nitrogen and oxygen atoms in total. The van der Waals surface area contributed by atoms with Crippen LogP contribution in [0.25, 0.3) is 0 Å². The first-order valence-corrected chi connectivity index (χ1v) is 7.14. The number of rotatable bonds is 5. The fraction of sp³-hybridized carbons (Fsp3) is 0.263. The molecule has 2 aromatic carbocycles. The molecule has 0 unspecified atom stereocenters. The van der Waals surface area contributed by atoms with E-state index in [4.69, 9.17) is 4.74 Å². The second-order valence-corrected chi connectivity index (χ2v) is 4.70. The van der Waals surface area contributed by atoms with Crippen molar-refractivity contribution in [1.82, 2.24) is 0 Å². The predicted octanol–water partition coefficient (Wildman–Crippen LogP) is 4.46. The van der Waals surface area contributed by atoms with Crippen molar-refractivity contribution in [2.24, 2.45) is 0 Å². The SMILES string of the molecule is CCCCc1ccc(C#CCOc2ccccc2)cc1. The molecule has 20 heavy (non-hydrogen) atoms. The third-order valence-electron chi connectivity index (χ3n) is 3.06. The fourth-order valence-corrected chi connectivity index (χ4v) is 1.91. The van der Waals surface area contributed by atoms with Gasteiger partial charge in [-0.25, -0.2) is 0 Å². The van der Waals surface area contributed by atoms with Gasteiger partial charge >= 0.3 is 0 Å². The van der Waals surface area contributed by atoms with Crippen LogP contribution in [0.1, 0.15) is 30.9 Å². The molecule has 2 aromatic rings. The highest BCUT2D eigenvalue weighted by molar-refractivity contribution is 5.36. The first-order chi connectivity index (χ1) is 9.88. The van der Waals surface area contributed by atoms with Gasteiger partial charge in [0.2, 0.25) is 0 Å². The molecule has 0 heterocycles. The van der Waals surface area contributed by atoms with Crippen molar-refractivity contribution in [3.05, 3.63) is 65.7 Å². The molecule has 0 fully saturated rings. The smallest absolute Gasteiger partial charge is 0.149 e. The summed E-state index contributed by atoms with van der Waals surface area (Å²) in [6.07, 6.45) is 3.63. The Morgan fingerprint density at radius 3 is 2.40 bits per heavy atom. The number of benzene rings is 2. The van der Waals surface area contributed by atoms with Gasteiger partial charge in [0.05, 0.1) is 0 Å². The zero-order valence-corrected chi connectivity index (χ0v) is 11.9. The Labute approximate surface area is 121 Å². The maximum atomic E-state index is 5.53. The van der Waals surface area contributed by atoms with E-state index in [0.29, 0.717) is 6.61 Å². The summed E-state index contributed by atoms with van der Waals surface area (Å²) in [4.78, 5) is 0. The van der Waals surface area contributed by atoms with E-state index < -0.39 is 0 Å². The highest BCUT2D eigenvalue weighted by Crippen LogP contribution is 2.08. The van der Waals surface area contributed by atoms with Crippen molar-refractivity contribution in [2.45, 2.75) is 26.2 Å². The molecule has 0 saturated carbocycles. The quantitative estimate of drug-likeness (QED) is 0.724. The molecule has 0 spiro atoms. The van der Waals surface area contributed by atoms with Crippen LogP contribution >= 0.6 is 0 Å². The summed E-state index contributed by atoms with van der Waals surface area (Å²) in [5, 5.41) is 0. The predicted molar refractivity (Wildman–Crippen MR) is 83.9 cm³/mol. The number of para-hydroxylation sites is 1. The van der Waals surface area contributed by atoms with Gasteiger partial charge in [0.15, 0.2) is 0 Å². The summed E-state index contributed by atoms with van der Waals surface area (Å²) in [5.74, 6) is 7.02. The summed E-state index contributed by atoms with van der Waals surface area (Å²) in [6.45, 7) is 2.63. The van der Waals surface area contributed by atoms with Gasteiger partial charge < -0.3 is 4.74 Å². The van der Waals surface area contributed by atoms with Gasteiger partial charge in [0.1, 0.15) is 12.4 Å². The topological polar surface area (TPSA) is 9.23 Å². The highest BCUT2D eigenvalue weighted by atomic mass is 16.5. The maximum Gasteiger partial charge on any atom is 0.149 e. The number of hydrogen-bond donors (Lipinski definition) is 0. The standard InChI is InChI=1S/C19H20O/c1-2-3-8-17-12-14-18(15-13-17)9-7-16-20-19-10-5-4-6-11-19/h4-6,10-15H,2-3,8,16H2,1H3. The maximum absolute atomic E-state index is 5.53. The molecule has 0 aliphatic carbocycles. The van der Waals surface area contributed by atoms with E-state index in [1.54, 1.807) is 0 Å². The minimum Gasteiger partial charge on any atom is -0.481 e. The number of unbranched alkanes of at least 4 members (excludes halogenated alkanes) is 1. The van der Waals surface area contributed by atoms with E-state index in [0.717, 1.165) is 17.7 Å². The molecular weight excluding hydrogens is 244 g/mol. The number of hydrogen-bond acceptors (Lipinski definition) is 1. The Balaban J connectivity index is 1.83. The van der Waals surface area contributed by atoms with Crippen LogP contribution in [0.15, 0.2) is 54.6 Å². The number of aryl methyl sites for hydroxylation is 1. The number of ether oxygens (including phenoxy) is 1. The van der Waals surface area contributed by atoms with Crippen LogP contribution < -0.4 is 4.74 Å². The summed E-state index contributed by atoms with van der Waals surface area (Å²) in [6, 6.07) is 18.2. The highest BCUT2D eigenvalue weighted by Gasteiger charge is 1.92. The lowest BCUT2D eigenvalue weighted by molar-refractivity contribution is 0.370. The van der Waals surface area contributed by atoms with Crippen LogP contribution in [0, 0.1) is 11.8 Å². The Bertz CT molecular complexity index is 558. The molecule has 0 aliphatic heterocycles. The summed E-state index contributed by atoms with van der Waals surface area (Å²) in [7, 11) is 0. The second-order valence-electron chi connectivity index (χ2n) is 4.70. The second kappa shape index (κ2) is 8.07. The van der Waals surface area contributed by atoms with Gasteiger partial charge in [-0.05, 0) is 42.7 Å². The summed E-state index contributed by atoms with van der Waals surface area (Å²) >= 11 is 0. The molecule has 0 aromatic heterocycles. The van der Waals surface area contributed by atoms with Crippen molar-refractivity contribution in [3.63, 3.8) is 0 Å². The third-order valence-corrected chi connectivity index (χ3v) is 3.06. The Morgan fingerprint density at radius 2 is 1.70 bits per heavy atom. The Morgan fingerprint density at radius 1 is 0.950 bits per heavy atom. The lowest BCUT2D eigenvalue weighted by Gasteiger charge is -2.00. The summed E-state index contributed by atoms with van der Waals surface area (Å²) in [5.41, 5.74) is 2.43. The molecule has 0 bridgehead atoms. The van der Waals surface area contributed by atoms with E-state index in [9.17, 15) is 0 Å². The normalized spacial score (nSPS) is 9.65. The van der Waals surface area contributed by atoms with Crippen molar-refractivity contribution >= 4 is 0 Å². The van der Waals surface area contributed by atoms with Gasteiger partial charge in [0.25, 0.3) is 0 Å². The average Bonchev–Trinajstić information content (AvgIpc) is 2.52. The molecule has 0 aliphatic rings. The van der Waals surface area contributed by atoms with Crippen molar-refractivity contribution in [1.29, 1.82) is 0 Å². The van der Waals surface area contributed by atoms with Crippen LogP contribution in [0.3, 0.4) is 0 Å². The molecule has 2 rings (SSSR count). The molecule has 0 saturated heterocycles. The van der Waals surface area contributed by atoms with Crippen LogP contribution in [-0.4, -0.2) is 6.61 Å². The lowest BCUT2D eigenvalue weighted by atomic mass is 10.1. The van der Waals surface area contributed by atoms with Gasteiger partial charge in [0, 0.05) is 5.56 Å². The Kier molecular flexibility index (Phi) is 5.73. The van der Waals surface area contributed by atoms with E-state index in [1.165, 1.54) is 18.4 Å². The molecule has 0 amide bonds. The third kappa shape index (κ3) is 4.82. The zero-order valence-electron chi connectivity index (χ0n) is 11.9. The minimum absolute atomic E-state index is 0.418. The zero-order chi connectivity index (χ0) is 14.0. The molecule has 0 N–H and O–H groups in total. The molecule has 102 valence electrons. The molecule has 0 atom stereocenters. The van der Waals surface area contributed by atoms with Crippen LogP contribution in [0.5, 0.6) is 5.75 Å². The molecule has 1 heteroatoms. The summed E-state index contributed by atoms with van der Waals surface area (Å²) < 4.78 is 5.53. The van der Waals surface area contributed by atoms with Gasteiger partial charge in [-0.3, -0.25) is 0 Å². The fourth-order valence-electron chi connectivity index (χ4n) is 1.91. The largest absolute Gasteiger partial charge is 0.481 e.